The zero-order valence-electron chi connectivity index (χ0n) is 49.5. The van der Waals surface area contributed by atoms with Crippen molar-refractivity contribution >= 4 is 104 Å². The van der Waals surface area contributed by atoms with Crippen LogP contribution in [0.2, 0.25) is 0 Å². The molecule has 6 heteroatoms. The first-order chi connectivity index (χ1) is 39.2. The molecule has 0 aliphatic carbocycles. The average Bonchev–Trinajstić information content (AvgIpc) is 0.941. The SMILES string of the molecule is CC(C)(C)c1ccc(N2c3cc4c(cc3B3c5ccc(C(C)(C)C)cc5Sc5cc(C(C)(C)C)cc2c53)B2c3ccc(C(C)(C)C)cc3Sc3cc(-c5ccccc5)cc(c32)N4c2c(-c3ccccc3)cccc2-c2ccccc2)cc1. The molecule has 402 valence electrons. The first-order valence-electron chi connectivity index (χ1n) is 29.4. The Morgan fingerprint density at radius 1 is 0.293 bits per heavy atom. The van der Waals surface area contributed by atoms with Gasteiger partial charge >= 0.3 is 0 Å². The van der Waals surface area contributed by atoms with Crippen molar-refractivity contribution in [2.24, 2.45) is 0 Å². The normalized spacial score (nSPS) is 14.1. The summed E-state index contributed by atoms with van der Waals surface area (Å²) in [6, 6.07) is 80.0. The van der Waals surface area contributed by atoms with Crippen molar-refractivity contribution in [2.45, 2.75) is 124 Å². The zero-order chi connectivity index (χ0) is 56.8. The molecule has 0 saturated heterocycles. The van der Waals surface area contributed by atoms with Gasteiger partial charge in [0, 0.05) is 59.1 Å². The van der Waals surface area contributed by atoms with Gasteiger partial charge in [-0.15, -0.1) is 0 Å². The lowest BCUT2D eigenvalue weighted by Gasteiger charge is -2.45. The third-order valence-electron chi connectivity index (χ3n) is 17.8. The number of fused-ring (bicyclic) bond motifs is 8. The summed E-state index contributed by atoms with van der Waals surface area (Å²) >= 11 is 3.93. The van der Waals surface area contributed by atoms with E-state index in [0.717, 1.165) is 0 Å². The Morgan fingerprint density at radius 2 is 0.720 bits per heavy atom. The van der Waals surface area contributed by atoms with Crippen LogP contribution in [-0.4, -0.2) is 13.4 Å². The molecule has 4 heterocycles. The second-order valence-corrected chi connectivity index (χ2v) is 29.5. The Bertz CT molecular complexity index is 4140. The Hall–Kier alpha value is -7.37. The van der Waals surface area contributed by atoms with Gasteiger partial charge < -0.3 is 9.80 Å². The van der Waals surface area contributed by atoms with E-state index in [9.17, 15) is 0 Å². The van der Waals surface area contributed by atoms with Crippen LogP contribution in [0.15, 0.2) is 226 Å². The maximum Gasteiger partial charge on any atom is 0.249 e. The first-order valence-corrected chi connectivity index (χ1v) is 31.0. The van der Waals surface area contributed by atoms with Gasteiger partial charge in [-0.1, -0.05) is 269 Å². The molecule has 0 amide bonds. The fourth-order valence-corrected chi connectivity index (χ4v) is 15.7. The molecular formula is C76H70B2N2S2. The molecule has 0 N–H and O–H groups in total. The molecule has 4 aliphatic heterocycles. The fraction of sp³-hybridized carbons (Fsp3) is 0.211. The molecule has 0 spiro atoms. The van der Waals surface area contributed by atoms with Crippen molar-refractivity contribution in [1.82, 2.24) is 0 Å². The van der Waals surface area contributed by atoms with Crippen LogP contribution in [0, 0.1) is 0 Å². The second-order valence-electron chi connectivity index (χ2n) is 27.4. The van der Waals surface area contributed by atoms with Gasteiger partial charge in [0.25, 0.3) is 0 Å². The van der Waals surface area contributed by atoms with Crippen LogP contribution < -0.4 is 42.6 Å². The fourth-order valence-electron chi connectivity index (χ4n) is 13.3. The predicted octanol–water partition coefficient (Wildman–Crippen LogP) is 17.4. The molecule has 14 rings (SSSR count). The number of hydrogen-bond donors (Lipinski definition) is 0. The topological polar surface area (TPSA) is 6.48 Å². The van der Waals surface area contributed by atoms with Gasteiger partial charge in [-0.3, -0.25) is 0 Å². The summed E-state index contributed by atoms with van der Waals surface area (Å²) in [5.74, 6) is 0. The van der Waals surface area contributed by atoms with E-state index in [4.69, 9.17) is 0 Å². The molecule has 0 bridgehead atoms. The van der Waals surface area contributed by atoms with Crippen molar-refractivity contribution in [2.75, 3.05) is 9.80 Å². The van der Waals surface area contributed by atoms with Gasteiger partial charge in [0.1, 0.15) is 0 Å². The van der Waals surface area contributed by atoms with E-state index in [0.29, 0.717) is 0 Å². The molecule has 0 saturated carbocycles. The quantitative estimate of drug-likeness (QED) is 0.158. The molecule has 0 fully saturated rings. The first kappa shape index (κ1) is 52.7. The number of anilines is 6. The summed E-state index contributed by atoms with van der Waals surface area (Å²) in [7, 11) is 0. The highest BCUT2D eigenvalue weighted by Crippen LogP contribution is 2.53. The van der Waals surface area contributed by atoms with Crippen molar-refractivity contribution in [1.29, 1.82) is 0 Å². The van der Waals surface area contributed by atoms with Crippen molar-refractivity contribution in [3.63, 3.8) is 0 Å². The molecule has 82 heavy (non-hydrogen) atoms. The highest BCUT2D eigenvalue weighted by Gasteiger charge is 2.48. The van der Waals surface area contributed by atoms with Crippen LogP contribution in [0.25, 0.3) is 33.4 Å². The minimum absolute atomic E-state index is 0.00331. The summed E-state index contributed by atoms with van der Waals surface area (Å²) in [5, 5.41) is 0. The Morgan fingerprint density at radius 3 is 1.21 bits per heavy atom. The van der Waals surface area contributed by atoms with E-state index in [2.05, 4.69) is 299 Å². The smallest absolute Gasteiger partial charge is 0.249 e. The second kappa shape index (κ2) is 19.1. The molecular weight excluding hydrogens is 1030 g/mol. The van der Waals surface area contributed by atoms with Gasteiger partial charge in [-0.25, -0.2) is 0 Å². The molecule has 10 aromatic carbocycles. The summed E-state index contributed by atoms with van der Waals surface area (Å²) in [6.07, 6.45) is 0. The van der Waals surface area contributed by atoms with Gasteiger partial charge in [-0.05, 0) is 143 Å². The maximum absolute atomic E-state index is 2.71. The molecule has 0 unspecified atom stereocenters. The summed E-state index contributed by atoms with van der Waals surface area (Å²) in [5.41, 5.74) is 27.9. The standard InChI is InChI=1S/C76H70B2N2S2/c1-73(2,3)51-31-35-55(36-32-51)79-62-46-63-61(45-60(62)77-59-38-34-53(75(7,8)9)43-67(59)82-69-44-54(76(10,11)12)41-65(79)71(69)77)78-58-37-33-52(74(4,5)6)42-66(58)81-68-40-50(47-23-16-13-17-24-47)39-64(70(68)78)80(63)72-56(48-25-18-14-19-26-48)29-22-30-57(72)49-27-20-15-21-28-49/h13-46H,1-12H3. The van der Waals surface area contributed by atoms with Gasteiger partial charge in [0.15, 0.2) is 0 Å². The summed E-state index contributed by atoms with van der Waals surface area (Å²) < 4.78 is 0. The largest absolute Gasteiger partial charge is 0.311 e. The Balaban J connectivity index is 1.16. The maximum atomic E-state index is 2.71. The Labute approximate surface area is 496 Å². The third-order valence-corrected chi connectivity index (χ3v) is 20.1. The average molecular weight is 1100 g/mol. The van der Waals surface area contributed by atoms with Crippen LogP contribution in [0.1, 0.15) is 105 Å². The van der Waals surface area contributed by atoms with Crippen molar-refractivity contribution in [3.05, 3.63) is 229 Å². The summed E-state index contributed by atoms with van der Waals surface area (Å²) in [6.45, 7) is 28.1. The van der Waals surface area contributed by atoms with E-state index < -0.39 is 0 Å². The highest BCUT2D eigenvalue weighted by molar-refractivity contribution is 8.00. The highest BCUT2D eigenvalue weighted by atomic mass is 32.2. The minimum Gasteiger partial charge on any atom is -0.311 e. The minimum atomic E-state index is -0.101. The lowest BCUT2D eigenvalue weighted by molar-refractivity contribution is 0.588. The van der Waals surface area contributed by atoms with E-state index >= 15 is 0 Å². The van der Waals surface area contributed by atoms with Gasteiger partial charge in [0.2, 0.25) is 13.4 Å². The van der Waals surface area contributed by atoms with Crippen molar-refractivity contribution in [3.8, 4) is 33.4 Å². The third kappa shape index (κ3) is 8.73. The molecule has 0 radical (unpaired) electrons. The van der Waals surface area contributed by atoms with Gasteiger partial charge in [0.05, 0.1) is 5.69 Å². The van der Waals surface area contributed by atoms with Crippen LogP contribution >= 0.6 is 23.5 Å². The Kier molecular flexibility index (Phi) is 12.3. The van der Waals surface area contributed by atoms with Gasteiger partial charge in [-0.2, -0.15) is 0 Å². The zero-order valence-corrected chi connectivity index (χ0v) is 51.1. The monoisotopic (exact) mass is 1100 g/mol. The van der Waals surface area contributed by atoms with Crippen LogP contribution in [-0.2, 0) is 21.7 Å². The molecule has 4 aliphatic rings. The lowest BCUT2D eigenvalue weighted by Crippen LogP contribution is -2.64. The number of nitrogens with zero attached hydrogens (tertiary/aromatic N) is 2. The van der Waals surface area contributed by atoms with Crippen LogP contribution in [0.5, 0.6) is 0 Å². The number of hydrogen-bond acceptors (Lipinski definition) is 4. The van der Waals surface area contributed by atoms with E-state index in [-0.39, 0.29) is 35.1 Å². The molecule has 10 aromatic rings. The lowest BCUT2D eigenvalue weighted by atomic mass is 9.31. The molecule has 2 nitrogen and oxygen atoms in total. The van der Waals surface area contributed by atoms with E-state index in [1.54, 1.807) is 0 Å². The number of para-hydroxylation sites is 1. The predicted molar refractivity (Wildman–Crippen MR) is 357 cm³/mol. The van der Waals surface area contributed by atoms with Crippen LogP contribution in [0.4, 0.5) is 34.1 Å². The molecule has 0 atom stereocenters. The molecule has 0 aromatic heterocycles. The van der Waals surface area contributed by atoms with Crippen molar-refractivity contribution < 1.29 is 0 Å². The van der Waals surface area contributed by atoms with E-state index in [1.165, 1.54) is 142 Å². The van der Waals surface area contributed by atoms with E-state index in [1.807, 2.05) is 23.5 Å². The number of rotatable bonds is 5. The summed E-state index contributed by atoms with van der Waals surface area (Å²) in [4.78, 5) is 10.7. The van der Waals surface area contributed by atoms with Crippen LogP contribution in [0.3, 0.4) is 0 Å². The number of benzene rings is 10.